The molecule has 2 aromatic heterocycles. The van der Waals surface area contributed by atoms with Crippen molar-refractivity contribution in [2.24, 2.45) is 0 Å². The van der Waals surface area contributed by atoms with Gasteiger partial charge in [0.15, 0.2) is 0 Å². The highest BCUT2D eigenvalue weighted by Crippen LogP contribution is 2.20. The Labute approximate surface area is 116 Å². The maximum absolute atomic E-state index is 12.9. The normalized spacial score (nSPS) is 11.7. The van der Waals surface area contributed by atoms with E-state index in [4.69, 9.17) is 0 Å². The monoisotopic (exact) mass is 350 g/mol. The summed E-state index contributed by atoms with van der Waals surface area (Å²) < 4.78 is 39.9. The van der Waals surface area contributed by atoms with Gasteiger partial charge in [-0.15, -0.1) is 11.3 Å². The Hall–Kier alpha value is -0.830. The number of rotatable bonds is 4. The van der Waals surface area contributed by atoms with Crippen LogP contribution < -0.4 is 4.72 Å². The molecule has 8 heteroatoms. The van der Waals surface area contributed by atoms with Gasteiger partial charge in [0.1, 0.15) is 10.7 Å². The van der Waals surface area contributed by atoms with Crippen molar-refractivity contribution in [1.82, 2.24) is 9.71 Å². The second-order valence-electron chi connectivity index (χ2n) is 3.39. The van der Waals surface area contributed by atoms with Gasteiger partial charge in [0.05, 0.1) is 6.20 Å². The van der Waals surface area contributed by atoms with Crippen LogP contribution in [0, 0.1) is 5.82 Å². The van der Waals surface area contributed by atoms with Crippen LogP contribution in [-0.2, 0) is 16.6 Å². The zero-order chi connectivity index (χ0) is 13.2. The number of sulfonamides is 1. The Balaban J connectivity index is 2.13. The first-order chi connectivity index (χ1) is 8.47. The number of nitrogens with zero attached hydrogens (tertiary/aromatic N) is 1. The quantitative estimate of drug-likeness (QED) is 0.921. The van der Waals surface area contributed by atoms with Gasteiger partial charge in [-0.3, -0.25) is 4.98 Å². The summed E-state index contributed by atoms with van der Waals surface area (Å²) in [6.45, 7) is 0.162. The van der Waals surface area contributed by atoms with Gasteiger partial charge in [-0.2, -0.15) is 0 Å². The van der Waals surface area contributed by atoms with E-state index in [1.807, 2.05) is 11.4 Å². The Morgan fingerprint density at radius 1 is 1.39 bits per heavy atom. The van der Waals surface area contributed by atoms with Crippen molar-refractivity contribution in [3.63, 3.8) is 0 Å². The minimum Gasteiger partial charge on any atom is -0.260 e. The highest BCUT2D eigenvalue weighted by molar-refractivity contribution is 9.10. The van der Waals surface area contributed by atoms with Crippen molar-refractivity contribution >= 4 is 37.3 Å². The maximum atomic E-state index is 12.9. The van der Waals surface area contributed by atoms with Gasteiger partial charge < -0.3 is 0 Å². The van der Waals surface area contributed by atoms with Gasteiger partial charge in [-0.25, -0.2) is 17.5 Å². The van der Waals surface area contributed by atoms with Crippen LogP contribution >= 0.6 is 27.3 Å². The van der Waals surface area contributed by atoms with Crippen LogP contribution in [0.25, 0.3) is 0 Å². The summed E-state index contributed by atoms with van der Waals surface area (Å²) >= 11 is 4.71. The third-order valence-electron chi connectivity index (χ3n) is 2.05. The van der Waals surface area contributed by atoms with Crippen molar-refractivity contribution in [1.29, 1.82) is 0 Å². The van der Waals surface area contributed by atoms with E-state index < -0.39 is 15.8 Å². The van der Waals surface area contributed by atoms with Crippen molar-refractivity contribution in [3.05, 3.63) is 45.1 Å². The number of thiophene rings is 1. The van der Waals surface area contributed by atoms with Crippen LogP contribution in [0.5, 0.6) is 0 Å². The number of nitrogens with one attached hydrogen (secondary N) is 1. The molecule has 0 atom stereocenters. The van der Waals surface area contributed by atoms with E-state index in [1.165, 1.54) is 11.3 Å². The van der Waals surface area contributed by atoms with E-state index in [9.17, 15) is 12.8 Å². The molecule has 0 saturated heterocycles. The molecule has 2 rings (SSSR count). The van der Waals surface area contributed by atoms with Crippen LogP contribution in [0.3, 0.4) is 0 Å². The van der Waals surface area contributed by atoms with E-state index in [1.54, 1.807) is 0 Å². The zero-order valence-corrected chi connectivity index (χ0v) is 12.1. The number of aromatic nitrogens is 1. The summed E-state index contributed by atoms with van der Waals surface area (Å²) in [6.07, 6.45) is 2.06. The predicted octanol–water partition coefficient (Wildman–Crippen LogP) is 2.52. The molecule has 2 heterocycles. The molecule has 0 aromatic carbocycles. The van der Waals surface area contributed by atoms with Crippen LogP contribution in [0.4, 0.5) is 4.39 Å². The summed E-state index contributed by atoms with van der Waals surface area (Å²) in [5.41, 5.74) is 0. The van der Waals surface area contributed by atoms with Gasteiger partial charge in [-0.1, -0.05) is 0 Å². The molecule has 1 N–H and O–H groups in total. The number of pyridine rings is 1. The van der Waals surface area contributed by atoms with Crippen molar-refractivity contribution in [2.45, 2.75) is 11.4 Å². The summed E-state index contributed by atoms with van der Waals surface area (Å²) in [7, 11) is -3.73. The van der Waals surface area contributed by atoms with Crippen LogP contribution in [0.1, 0.15) is 4.88 Å². The smallest absolute Gasteiger partial charge is 0.242 e. The van der Waals surface area contributed by atoms with Crippen molar-refractivity contribution in [3.8, 4) is 0 Å². The Morgan fingerprint density at radius 3 is 2.78 bits per heavy atom. The number of hydrogen-bond donors (Lipinski definition) is 1. The minimum absolute atomic E-state index is 0.162. The third kappa shape index (κ3) is 3.35. The first kappa shape index (κ1) is 13.6. The van der Waals surface area contributed by atoms with Gasteiger partial charge in [0.25, 0.3) is 0 Å². The van der Waals surface area contributed by atoms with Gasteiger partial charge in [0.2, 0.25) is 10.0 Å². The van der Waals surface area contributed by atoms with E-state index in [0.29, 0.717) is 0 Å². The summed E-state index contributed by atoms with van der Waals surface area (Å²) in [5, 5.41) is 1.85. The molecular formula is C10H8BrFN2O2S2. The molecule has 0 fully saturated rings. The van der Waals surface area contributed by atoms with Crippen molar-refractivity contribution < 1.29 is 12.8 Å². The Kier molecular flexibility index (Phi) is 4.10. The highest BCUT2D eigenvalue weighted by atomic mass is 79.9. The largest absolute Gasteiger partial charge is 0.260 e. The summed E-state index contributed by atoms with van der Waals surface area (Å²) in [5.74, 6) is -0.684. The maximum Gasteiger partial charge on any atom is 0.242 e. The molecule has 0 spiro atoms. The van der Waals surface area contributed by atoms with E-state index in [2.05, 4.69) is 25.6 Å². The zero-order valence-electron chi connectivity index (χ0n) is 8.93. The molecule has 0 bridgehead atoms. The lowest BCUT2D eigenvalue weighted by molar-refractivity contribution is 0.576. The predicted molar refractivity (Wildman–Crippen MR) is 70.2 cm³/mol. The standard InChI is InChI=1S/C10H8BrFN2O2S2/c11-7-1-9(17-6-7)4-14-18(15,16)10-2-8(12)3-13-5-10/h1-3,5-6,14H,4H2. The van der Waals surface area contributed by atoms with Crippen LogP contribution in [-0.4, -0.2) is 13.4 Å². The second-order valence-corrected chi connectivity index (χ2v) is 7.07. The van der Waals surface area contributed by atoms with Gasteiger partial charge in [-0.05, 0) is 28.1 Å². The number of hydrogen-bond acceptors (Lipinski definition) is 4. The molecule has 0 unspecified atom stereocenters. The average Bonchev–Trinajstić information content (AvgIpc) is 2.73. The average molecular weight is 351 g/mol. The molecule has 0 saturated carbocycles. The fraction of sp³-hybridized carbons (Fsp3) is 0.100. The molecule has 0 aliphatic rings. The Bertz CT molecular complexity index is 657. The molecule has 0 radical (unpaired) electrons. The lowest BCUT2D eigenvalue weighted by Gasteiger charge is -2.04. The number of halogens is 2. The minimum atomic E-state index is -3.73. The molecule has 0 aliphatic carbocycles. The second kappa shape index (κ2) is 5.43. The van der Waals surface area contributed by atoms with E-state index in [-0.39, 0.29) is 11.4 Å². The summed E-state index contributed by atoms with van der Waals surface area (Å²) in [4.78, 5) is 4.18. The molecular weight excluding hydrogens is 343 g/mol. The fourth-order valence-electron chi connectivity index (χ4n) is 1.24. The lowest BCUT2D eigenvalue weighted by Crippen LogP contribution is -2.23. The molecule has 4 nitrogen and oxygen atoms in total. The van der Waals surface area contributed by atoms with Gasteiger partial charge in [0, 0.05) is 27.5 Å². The Morgan fingerprint density at radius 2 is 2.17 bits per heavy atom. The molecule has 0 aliphatic heterocycles. The molecule has 18 heavy (non-hydrogen) atoms. The molecule has 2 aromatic rings. The van der Waals surface area contributed by atoms with E-state index in [0.717, 1.165) is 27.8 Å². The van der Waals surface area contributed by atoms with Gasteiger partial charge >= 0.3 is 0 Å². The van der Waals surface area contributed by atoms with E-state index >= 15 is 0 Å². The van der Waals surface area contributed by atoms with Crippen LogP contribution in [0.15, 0.2) is 39.3 Å². The highest BCUT2D eigenvalue weighted by Gasteiger charge is 2.15. The fourth-order valence-corrected chi connectivity index (χ4v) is 3.70. The topological polar surface area (TPSA) is 59.1 Å². The SMILES string of the molecule is O=S(=O)(NCc1cc(Br)cs1)c1cncc(F)c1. The first-order valence-electron chi connectivity index (χ1n) is 4.80. The molecule has 96 valence electrons. The lowest BCUT2D eigenvalue weighted by atomic mass is 10.5. The first-order valence-corrected chi connectivity index (χ1v) is 7.96. The van der Waals surface area contributed by atoms with Crippen molar-refractivity contribution in [2.75, 3.05) is 0 Å². The molecule has 0 amide bonds. The summed E-state index contributed by atoms with van der Waals surface area (Å²) in [6, 6.07) is 2.75. The third-order valence-corrected chi connectivity index (χ3v) is 5.11. The van der Waals surface area contributed by atoms with Crippen LogP contribution in [0.2, 0.25) is 0 Å².